The summed E-state index contributed by atoms with van der Waals surface area (Å²) in [6, 6.07) is 21.6. The zero-order chi connectivity index (χ0) is 12.7. The molecular formula is C16H15BNO. The van der Waals surface area contributed by atoms with Crippen molar-refractivity contribution in [3.05, 3.63) is 71.8 Å². The first-order valence-electron chi connectivity index (χ1n) is 6.79. The van der Waals surface area contributed by atoms with Gasteiger partial charge in [-0.2, -0.15) is 0 Å². The van der Waals surface area contributed by atoms with Crippen LogP contribution in [0.15, 0.2) is 60.7 Å². The van der Waals surface area contributed by atoms with Gasteiger partial charge in [0.2, 0.25) is 0 Å². The molecule has 0 bridgehead atoms. The molecule has 0 aromatic heterocycles. The van der Waals surface area contributed by atoms with Crippen LogP contribution >= 0.6 is 0 Å². The van der Waals surface area contributed by atoms with Crippen LogP contribution in [0, 0.1) is 0 Å². The molecule has 0 spiro atoms. The first kappa shape index (κ1) is 11.3. The molecule has 4 rings (SSSR count). The summed E-state index contributed by atoms with van der Waals surface area (Å²) < 4.78 is 6.20. The molecule has 2 fully saturated rings. The summed E-state index contributed by atoms with van der Waals surface area (Å²) in [4.78, 5) is 2.31. The first-order chi connectivity index (χ1) is 9.41. The average molecular weight is 248 g/mol. The van der Waals surface area contributed by atoms with Crippen LogP contribution in [-0.4, -0.2) is 25.0 Å². The molecule has 0 saturated carbocycles. The highest BCUT2D eigenvalue weighted by Gasteiger charge is 2.55. The standard InChI is InChI=1S/C16H15BNO/c1-3-7-13(8-4-1)16(14-9-5-2-6-10-14)15-11-12-18(15)17-19-16/h1-10,15H,11-12H2/t15-/m0/s1. The maximum absolute atomic E-state index is 6.20. The smallest absolute Gasteiger partial charge is 0.400 e. The fourth-order valence-corrected chi connectivity index (χ4v) is 3.26. The van der Waals surface area contributed by atoms with Crippen molar-refractivity contribution in [2.24, 2.45) is 0 Å². The maximum Gasteiger partial charge on any atom is 0.400 e. The van der Waals surface area contributed by atoms with Gasteiger partial charge in [0.1, 0.15) is 5.60 Å². The quantitative estimate of drug-likeness (QED) is 0.757. The molecule has 2 aromatic rings. The molecule has 0 aliphatic carbocycles. The second-order valence-corrected chi connectivity index (χ2v) is 5.23. The molecule has 19 heavy (non-hydrogen) atoms. The molecule has 0 unspecified atom stereocenters. The zero-order valence-electron chi connectivity index (χ0n) is 10.7. The van der Waals surface area contributed by atoms with Crippen molar-refractivity contribution in [3.8, 4) is 0 Å². The maximum atomic E-state index is 6.20. The minimum absolute atomic E-state index is 0.333. The molecule has 2 aliphatic heterocycles. The second-order valence-electron chi connectivity index (χ2n) is 5.23. The lowest BCUT2D eigenvalue weighted by Crippen LogP contribution is -2.53. The molecule has 93 valence electrons. The highest BCUT2D eigenvalue weighted by Crippen LogP contribution is 2.47. The minimum Gasteiger partial charge on any atom is -0.409 e. The molecule has 1 radical (unpaired) electrons. The molecule has 2 nitrogen and oxygen atoms in total. The molecule has 3 heteroatoms. The van der Waals surface area contributed by atoms with E-state index in [9.17, 15) is 0 Å². The van der Waals surface area contributed by atoms with Crippen LogP contribution in [0.1, 0.15) is 17.5 Å². The largest absolute Gasteiger partial charge is 0.409 e. The predicted octanol–water partition coefficient (Wildman–Crippen LogP) is 2.57. The van der Waals surface area contributed by atoms with Crippen LogP contribution in [0.5, 0.6) is 0 Å². The summed E-state index contributed by atoms with van der Waals surface area (Å²) in [5.41, 5.74) is 2.15. The zero-order valence-corrected chi connectivity index (χ0v) is 10.7. The molecule has 0 amide bonds. The van der Waals surface area contributed by atoms with Crippen LogP contribution in [-0.2, 0) is 10.3 Å². The fraction of sp³-hybridized carbons (Fsp3) is 0.250. The van der Waals surface area contributed by atoms with E-state index in [0.29, 0.717) is 6.04 Å². The van der Waals surface area contributed by atoms with E-state index in [0.717, 1.165) is 6.54 Å². The molecular weight excluding hydrogens is 233 g/mol. The highest BCUT2D eigenvalue weighted by molar-refractivity contribution is 6.25. The van der Waals surface area contributed by atoms with Gasteiger partial charge >= 0.3 is 7.62 Å². The van der Waals surface area contributed by atoms with Gasteiger partial charge in [-0.3, -0.25) is 0 Å². The van der Waals surface area contributed by atoms with Gasteiger partial charge in [0, 0.05) is 6.04 Å². The Morgan fingerprint density at radius 1 is 0.947 bits per heavy atom. The lowest BCUT2D eigenvalue weighted by molar-refractivity contribution is 0.0598. The van der Waals surface area contributed by atoms with Gasteiger partial charge in [0.05, 0.1) is 0 Å². The van der Waals surface area contributed by atoms with Crippen molar-refractivity contribution in [1.82, 2.24) is 4.81 Å². The van der Waals surface area contributed by atoms with E-state index < -0.39 is 0 Å². The summed E-state index contributed by atoms with van der Waals surface area (Å²) >= 11 is 0. The molecule has 0 N–H and O–H groups in total. The molecule has 1 atom stereocenters. The minimum atomic E-state index is -0.333. The summed E-state index contributed by atoms with van der Waals surface area (Å²) in [6.45, 7) is 1.10. The lowest BCUT2D eigenvalue weighted by atomic mass is 9.76. The third kappa shape index (κ3) is 1.52. The van der Waals surface area contributed by atoms with Crippen LogP contribution in [0.25, 0.3) is 0 Å². The highest BCUT2D eigenvalue weighted by atomic mass is 16.5. The van der Waals surface area contributed by atoms with Gasteiger partial charge in [-0.1, -0.05) is 60.7 Å². The second kappa shape index (κ2) is 4.22. The van der Waals surface area contributed by atoms with Gasteiger partial charge < -0.3 is 9.47 Å². The number of fused-ring (bicyclic) bond motifs is 1. The van der Waals surface area contributed by atoms with E-state index in [-0.39, 0.29) is 5.60 Å². The summed E-state index contributed by atoms with van der Waals surface area (Å²) in [5, 5.41) is 0. The Hall–Kier alpha value is -1.58. The normalized spacial score (nSPS) is 24.3. The van der Waals surface area contributed by atoms with Crippen LogP contribution in [0.3, 0.4) is 0 Å². The Morgan fingerprint density at radius 3 is 1.95 bits per heavy atom. The number of benzene rings is 2. The Bertz CT molecular complexity index is 532. The average Bonchev–Trinajstić information content (AvgIpc) is 2.73. The van der Waals surface area contributed by atoms with Crippen LogP contribution in [0.2, 0.25) is 0 Å². The number of nitrogens with zero attached hydrogens (tertiary/aromatic N) is 1. The Morgan fingerprint density at radius 2 is 1.53 bits per heavy atom. The topological polar surface area (TPSA) is 12.5 Å². The van der Waals surface area contributed by atoms with Crippen molar-refractivity contribution in [2.75, 3.05) is 6.54 Å². The Labute approximate surface area is 114 Å². The Kier molecular flexibility index (Phi) is 2.50. The SMILES string of the molecule is [B]1OC(c2ccccc2)(c2ccccc2)[C@@H]2CCN12. The third-order valence-corrected chi connectivity index (χ3v) is 4.31. The van der Waals surface area contributed by atoms with Crippen molar-refractivity contribution < 1.29 is 4.65 Å². The van der Waals surface area contributed by atoms with E-state index in [1.165, 1.54) is 17.5 Å². The van der Waals surface area contributed by atoms with E-state index in [1.807, 2.05) is 7.62 Å². The van der Waals surface area contributed by atoms with Gasteiger partial charge in [0.25, 0.3) is 0 Å². The number of hydrogen-bond donors (Lipinski definition) is 0. The molecule has 2 aromatic carbocycles. The van der Waals surface area contributed by atoms with E-state index >= 15 is 0 Å². The third-order valence-electron chi connectivity index (χ3n) is 4.31. The van der Waals surface area contributed by atoms with Crippen molar-refractivity contribution in [3.63, 3.8) is 0 Å². The molecule has 2 saturated heterocycles. The predicted molar refractivity (Wildman–Crippen MR) is 75.6 cm³/mol. The lowest BCUT2D eigenvalue weighted by Gasteiger charge is -2.44. The van der Waals surface area contributed by atoms with Crippen molar-refractivity contribution in [2.45, 2.75) is 18.1 Å². The number of hydrogen-bond acceptors (Lipinski definition) is 2. The van der Waals surface area contributed by atoms with E-state index in [4.69, 9.17) is 4.65 Å². The van der Waals surface area contributed by atoms with Gasteiger partial charge in [-0.05, 0) is 24.1 Å². The monoisotopic (exact) mass is 248 g/mol. The van der Waals surface area contributed by atoms with Gasteiger partial charge in [-0.25, -0.2) is 0 Å². The van der Waals surface area contributed by atoms with Gasteiger partial charge in [-0.15, -0.1) is 0 Å². The number of rotatable bonds is 2. The summed E-state index contributed by atoms with van der Waals surface area (Å²) in [7, 11) is 1.91. The Balaban J connectivity index is 1.89. The molecule has 2 aliphatic rings. The summed E-state index contributed by atoms with van der Waals surface area (Å²) in [5.74, 6) is 0. The van der Waals surface area contributed by atoms with Crippen molar-refractivity contribution in [1.29, 1.82) is 0 Å². The summed E-state index contributed by atoms with van der Waals surface area (Å²) in [6.07, 6.45) is 1.18. The van der Waals surface area contributed by atoms with Gasteiger partial charge in [0.15, 0.2) is 0 Å². The van der Waals surface area contributed by atoms with E-state index in [1.54, 1.807) is 0 Å². The van der Waals surface area contributed by atoms with Crippen LogP contribution < -0.4 is 0 Å². The van der Waals surface area contributed by atoms with E-state index in [2.05, 4.69) is 65.5 Å². The molecule has 2 heterocycles. The first-order valence-corrected chi connectivity index (χ1v) is 6.79. The fourth-order valence-electron chi connectivity index (χ4n) is 3.26. The van der Waals surface area contributed by atoms with Crippen LogP contribution in [0.4, 0.5) is 0 Å². The van der Waals surface area contributed by atoms with Crippen molar-refractivity contribution >= 4 is 7.62 Å².